The predicted octanol–water partition coefficient (Wildman–Crippen LogP) is 4.82. The van der Waals surface area contributed by atoms with Crippen molar-refractivity contribution in [3.8, 4) is 0 Å². The highest BCUT2D eigenvalue weighted by Crippen LogP contribution is 2.35. The fraction of sp³-hybridized carbons (Fsp3) is 0.364. The Labute approximate surface area is 154 Å². The standard InChI is InChI=1S/C22H26N2O2/c1-3-5-9-14(8-4-2)24-18-13-12-17-19(20(18)23)22(26)16-11-7-6-10-15(16)21(17)25/h6-7,10-14,24H,3-5,8-9,23H2,1-2H3. The molecule has 3 N–H and O–H groups in total. The molecule has 0 aliphatic heterocycles. The van der Waals surface area contributed by atoms with E-state index >= 15 is 0 Å². The first kappa shape index (κ1) is 18.2. The van der Waals surface area contributed by atoms with E-state index in [1.54, 1.807) is 30.3 Å². The summed E-state index contributed by atoms with van der Waals surface area (Å²) in [6.45, 7) is 4.34. The monoisotopic (exact) mass is 350 g/mol. The molecule has 26 heavy (non-hydrogen) atoms. The summed E-state index contributed by atoms with van der Waals surface area (Å²) >= 11 is 0. The highest BCUT2D eigenvalue weighted by atomic mass is 16.1. The summed E-state index contributed by atoms with van der Waals surface area (Å²) in [6.07, 6.45) is 5.48. The van der Waals surface area contributed by atoms with E-state index in [0.717, 1.165) is 37.8 Å². The molecular weight excluding hydrogens is 324 g/mol. The number of nitrogen functional groups attached to an aromatic ring is 1. The molecule has 0 saturated heterocycles. The summed E-state index contributed by atoms with van der Waals surface area (Å²) in [4.78, 5) is 25.7. The number of carbonyl (C=O) groups excluding carboxylic acids is 2. The minimum absolute atomic E-state index is 0.135. The van der Waals surface area contributed by atoms with Crippen molar-refractivity contribution in [2.75, 3.05) is 11.1 Å². The highest BCUT2D eigenvalue weighted by Gasteiger charge is 2.32. The molecule has 2 aromatic carbocycles. The summed E-state index contributed by atoms with van der Waals surface area (Å²) < 4.78 is 0. The van der Waals surface area contributed by atoms with Crippen LogP contribution < -0.4 is 11.1 Å². The number of nitrogens with two attached hydrogens (primary N) is 1. The largest absolute Gasteiger partial charge is 0.396 e. The third-order valence-corrected chi connectivity index (χ3v) is 5.04. The van der Waals surface area contributed by atoms with Gasteiger partial charge in [0.1, 0.15) is 0 Å². The van der Waals surface area contributed by atoms with Gasteiger partial charge in [-0.1, -0.05) is 57.4 Å². The van der Waals surface area contributed by atoms with Crippen LogP contribution in [0, 0.1) is 0 Å². The lowest BCUT2D eigenvalue weighted by Gasteiger charge is -2.24. The molecular formula is C22H26N2O2. The molecule has 0 radical (unpaired) electrons. The molecule has 1 unspecified atom stereocenters. The van der Waals surface area contributed by atoms with Crippen LogP contribution in [0.15, 0.2) is 36.4 Å². The number of benzene rings is 2. The second-order valence-electron chi connectivity index (χ2n) is 6.93. The fourth-order valence-electron chi connectivity index (χ4n) is 3.65. The van der Waals surface area contributed by atoms with Crippen LogP contribution in [0.1, 0.15) is 77.8 Å². The average Bonchev–Trinajstić information content (AvgIpc) is 2.65. The molecule has 3 rings (SSSR count). The van der Waals surface area contributed by atoms with Gasteiger partial charge in [-0.25, -0.2) is 0 Å². The summed E-state index contributed by atoms with van der Waals surface area (Å²) in [5, 5.41) is 3.50. The van der Waals surface area contributed by atoms with Crippen molar-refractivity contribution >= 4 is 22.9 Å². The highest BCUT2D eigenvalue weighted by molar-refractivity contribution is 6.30. The Bertz CT molecular complexity index is 842. The molecule has 2 aromatic rings. The van der Waals surface area contributed by atoms with Gasteiger partial charge in [0, 0.05) is 22.7 Å². The summed E-state index contributed by atoms with van der Waals surface area (Å²) in [5.41, 5.74) is 9.11. The maximum absolute atomic E-state index is 13.0. The number of fused-ring (bicyclic) bond motifs is 2. The molecule has 0 amide bonds. The third kappa shape index (κ3) is 3.24. The van der Waals surface area contributed by atoms with Gasteiger partial charge in [-0.3, -0.25) is 9.59 Å². The normalized spacial score (nSPS) is 13.9. The molecule has 4 nitrogen and oxygen atoms in total. The number of carbonyl (C=O) groups is 2. The number of hydrogen-bond acceptors (Lipinski definition) is 4. The molecule has 0 saturated carbocycles. The predicted molar refractivity (Wildman–Crippen MR) is 106 cm³/mol. The Morgan fingerprint density at radius 1 is 0.885 bits per heavy atom. The average molecular weight is 350 g/mol. The van der Waals surface area contributed by atoms with Crippen LogP contribution in [0.5, 0.6) is 0 Å². The quantitative estimate of drug-likeness (QED) is 0.600. The molecule has 0 heterocycles. The van der Waals surface area contributed by atoms with E-state index in [-0.39, 0.29) is 11.6 Å². The smallest absolute Gasteiger partial charge is 0.196 e. The first-order valence-corrected chi connectivity index (χ1v) is 9.45. The first-order chi connectivity index (χ1) is 12.6. The minimum Gasteiger partial charge on any atom is -0.396 e. The molecule has 1 aliphatic carbocycles. The van der Waals surface area contributed by atoms with Gasteiger partial charge in [-0.05, 0) is 25.0 Å². The summed E-state index contributed by atoms with van der Waals surface area (Å²) in [6, 6.07) is 10.8. The van der Waals surface area contributed by atoms with E-state index in [0.29, 0.717) is 34.0 Å². The number of ketones is 2. The first-order valence-electron chi connectivity index (χ1n) is 9.45. The van der Waals surface area contributed by atoms with Crippen molar-refractivity contribution in [2.24, 2.45) is 0 Å². The van der Waals surface area contributed by atoms with Crippen LogP contribution in [0.3, 0.4) is 0 Å². The van der Waals surface area contributed by atoms with Gasteiger partial charge in [-0.2, -0.15) is 0 Å². The Morgan fingerprint density at radius 3 is 2.23 bits per heavy atom. The molecule has 1 aliphatic rings. The van der Waals surface area contributed by atoms with Crippen LogP contribution in [-0.4, -0.2) is 17.6 Å². The minimum atomic E-state index is -0.169. The Hall–Kier alpha value is -2.62. The Morgan fingerprint density at radius 2 is 1.58 bits per heavy atom. The van der Waals surface area contributed by atoms with Gasteiger partial charge in [0.15, 0.2) is 11.6 Å². The molecule has 0 bridgehead atoms. The molecule has 0 spiro atoms. The van der Waals surface area contributed by atoms with Gasteiger partial charge in [0.2, 0.25) is 0 Å². The maximum atomic E-state index is 13.0. The van der Waals surface area contributed by atoms with Crippen molar-refractivity contribution in [1.29, 1.82) is 0 Å². The van der Waals surface area contributed by atoms with Crippen LogP contribution in [-0.2, 0) is 0 Å². The second-order valence-corrected chi connectivity index (χ2v) is 6.93. The van der Waals surface area contributed by atoms with Gasteiger partial charge < -0.3 is 11.1 Å². The van der Waals surface area contributed by atoms with Crippen LogP contribution in [0.4, 0.5) is 11.4 Å². The Balaban J connectivity index is 1.97. The van der Waals surface area contributed by atoms with Crippen LogP contribution in [0.25, 0.3) is 0 Å². The lowest BCUT2D eigenvalue weighted by Crippen LogP contribution is -2.25. The number of nitrogens with one attached hydrogen (secondary N) is 1. The number of unbranched alkanes of at least 4 members (excludes halogenated alkanes) is 1. The maximum Gasteiger partial charge on any atom is 0.196 e. The summed E-state index contributed by atoms with van der Waals surface area (Å²) in [7, 11) is 0. The zero-order valence-electron chi connectivity index (χ0n) is 15.5. The fourth-order valence-corrected chi connectivity index (χ4v) is 3.65. The van der Waals surface area contributed by atoms with Crippen molar-refractivity contribution in [1.82, 2.24) is 0 Å². The molecule has 136 valence electrons. The Kier molecular flexibility index (Phi) is 5.40. The van der Waals surface area contributed by atoms with E-state index in [4.69, 9.17) is 5.73 Å². The van der Waals surface area contributed by atoms with E-state index in [1.165, 1.54) is 0 Å². The molecule has 0 fully saturated rings. The van der Waals surface area contributed by atoms with Crippen molar-refractivity contribution in [3.63, 3.8) is 0 Å². The van der Waals surface area contributed by atoms with Crippen molar-refractivity contribution in [3.05, 3.63) is 58.7 Å². The lowest BCUT2D eigenvalue weighted by molar-refractivity contribution is 0.0980. The van der Waals surface area contributed by atoms with Crippen LogP contribution in [0.2, 0.25) is 0 Å². The number of anilines is 2. The zero-order valence-corrected chi connectivity index (χ0v) is 15.5. The van der Waals surface area contributed by atoms with Gasteiger partial charge in [0.25, 0.3) is 0 Å². The number of rotatable bonds is 7. The summed E-state index contributed by atoms with van der Waals surface area (Å²) in [5.74, 6) is -0.304. The van der Waals surface area contributed by atoms with Gasteiger partial charge in [-0.15, -0.1) is 0 Å². The number of hydrogen-bond donors (Lipinski definition) is 2. The van der Waals surface area contributed by atoms with E-state index < -0.39 is 0 Å². The zero-order chi connectivity index (χ0) is 18.7. The van der Waals surface area contributed by atoms with E-state index in [9.17, 15) is 9.59 Å². The van der Waals surface area contributed by atoms with Crippen molar-refractivity contribution < 1.29 is 9.59 Å². The van der Waals surface area contributed by atoms with E-state index in [2.05, 4.69) is 19.2 Å². The molecule has 1 atom stereocenters. The molecule has 0 aromatic heterocycles. The van der Waals surface area contributed by atoms with Gasteiger partial charge in [0.05, 0.1) is 16.9 Å². The molecule has 4 heteroatoms. The SMILES string of the molecule is CCCCC(CCC)Nc1ccc2c(c1N)C(=O)c1ccccc1C2=O. The topological polar surface area (TPSA) is 72.2 Å². The second kappa shape index (κ2) is 7.73. The van der Waals surface area contributed by atoms with Crippen molar-refractivity contribution in [2.45, 2.75) is 52.0 Å². The van der Waals surface area contributed by atoms with Gasteiger partial charge >= 0.3 is 0 Å². The van der Waals surface area contributed by atoms with E-state index in [1.807, 2.05) is 6.07 Å². The van der Waals surface area contributed by atoms with Crippen LogP contribution >= 0.6 is 0 Å². The lowest BCUT2D eigenvalue weighted by atomic mass is 9.83. The third-order valence-electron chi connectivity index (χ3n) is 5.04.